The Balaban J connectivity index is 0.00000192. The number of fused-ring (bicyclic) bond motifs is 1. The Morgan fingerprint density at radius 2 is 2.59 bits per heavy atom. The lowest BCUT2D eigenvalue weighted by Gasteiger charge is -2.18. The van der Waals surface area contributed by atoms with Crippen molar-refractivity contribution in [3.8, 4) is 12.3 Å². The Bertz CT molecular complexity index is 743. The molecule has 116 valence electrons. The monoisotopic (exact) mass is 320 g/mol. The maximum absolute atomic E-state index is 11.8. The minimum Gasteiger partial charge on any atom is -0.436 e. The minimum absolute atomic E-state index is 0. The second kappa shape index (κ2) is 6.16. The molecule has 22 heavy (non-hydrogen) atoms. The van der Waals surface area contributed by atoms with Crippen LogP contribution >= 0.6 is 11.6 Å². The van der Waals surface area contributed by atoms with Gasteiger partial charge in [-0.1, -0.05) is 17.5 Å². The largest absolute Gasteiger partial charge is 0.436 e. The van der Waals surface area contributed by atoms with E-state index in [9.17, 15) is 4.79 Å². The number of nitrogens with one attached hydrogen (secondary N) is 2. The van der Waals surface area contributed by atoms with Crippen LogP contribution < -0.4 is 5.32 Å². The number of hydrogen-bond acceptors (Lipinski definition) is 4. The Kier molecular flexibility index (Phi) is 4.07. The van der Waals surface area contributed by atoms with E-state index in [2.05, 4.69) is 21.2 Å². The number of carbonyl (C=O) groups is 1. The third-order valence-electron chi connectivity index (χ3n) is 3.61. The fourth-order valence-corrected chi connectivity index (χ4v) is 2.78. The first-order valence-electron chi connectivity index (χ1n) is 6.92. The molecule has 1 fully saturated rings. The van der Waals surface area contributed by atoms with Crippen molar-refractivity contribution < 1.29 is 11.0 Å². The zero-order valence-corrected chi connectivity index (χ0v) is 12.6. The Morgan fingerprint density at radius 1 is 1.73 bits per heavy atom. The third-order valence-corrected chi connectivity index (χ3v) is 3.90. The van der Waals surface area contributed by atoms with Gasteiger partial charge in [0.25, 0.3) is 0 Å². The van der Waals surface area contributed by atoms with Crippen LogP contribution in [0.5, 0.6) is 0 Å². The van der Waals surface area contributed by atoms with Gasteiger partial charge in [-0.25, -0.2) is 9.78 Å². The zero-order chi connectivity index (χ0) is 15.5. The van der Waals surface area contributed by atoms with Crippen molar-refractivity contribution in [2.45, 2.75) is 12.5 Å². The van der Waals surface area contributed by atoms with Crippen molar-refractivity contribution in [1.82, 2.24) is 14.9 Å². The lowest BCUT2D eigenvalue weighted by Crippen LogP contribution is -2.32. The van der Waals surface area contributed by atoms with Crippen molar-refractivity contribution >= 4 is 34.4 Å². The summed E-state index contributed by atoms with van der Waals surface area (Å²) < 4.78 is 4.94. The van der Waals surface area contributed by atoms with Crippen LogP contribution in [0.2, 0.25) is 5.02 Å². The normalized spacial score (nSPS) is 17.5. The number of H-pyrrole nitrogens is 1. The van der Waals surface area contributed by atoms with Crippen molar-refractivity contribution in [1.29, 1.82) is 0 Å². The maximum atomic E-state index is 11.8. The molecule has 3 rings (SSSR count). The summed E-state index contributed by atoms with van der Waals surface area (Å²) >= 11 is 6.24. The summed E-state index contributed by atoms with van der Waals surface area (Å²) in [7, 11) is 0. The van der Waals surface area contributed by atoms with Gasteiger partial charge in [0, 0.05) is 32.1 Å². The molecule has 2 aromatic rings. The number of ether oxygens (including phenoxy) is 1. The summed E-state index contributed by atoms with van der Waals surface area (Å²) in [4.78, 5) is 20.7. The number of carbonyl (C=O) groups excluding carboxylic acids is 1. The molecule has 0 spiro atoms. The average Bonchev–Trinajstić information content (AvgIpc) is 3.16. The van der Waals surface area contributed by atoms with Crippen molar-refractivity contribution in [3.05, 3.63) is 23.5 Å². The van der Waals surface area contributed by atoms with Gasteiger partial charge in [-0.3, -0.25) is 0 Å². The lowest BCUT2D eigenvalue weighted by molar-refractivity contribution is 0.122. The maximum Gasteiger partial charge on any atom is 0.410 e. The Labute approximate surface area is 134 Å². The fraction of sp³-hybridized carbons (Fsp3) is 0.333. The quantitative estimate of drug-likeness (QED) is 0.853. The first-order valence-corrected chi connectivity index (χ1v) is 7.30. The summed E-state index contributed by atoms with van der Waals surface area (Å²) in [6, 6.07) is 2.03. The number of rotatable bonds is 3. The molecule has 0 radical (unpaired) electrons. The van der Waals surface area contributed by atoms with Crippen LogP contribution in [-0.2, 0) is 4.74 Å². The molecule has 0 aromatic carbocycles. The molecular formula is C15H17ClN4O2. The average molecular weight is 321 g/mol. The highest BCUT2D eigenvalue weighted by atomic mass is 35.5. The molecular weight excluding hydrogens is 304 g/mol. The van der Waals surface area contributed by atoms with Gasteiger partial charge in [-0.15, -0.1) is 6.42 Å². The number of terminal acetylenes is 1. The molecule has 1 aliphatic heterocycles. The van der Waals surface area contributed by atoms with E-state index < -0.39 is 0 Å². The number of nitrogens with zero attached hydrogens (tertiary/aromatic N) is 2. The van der Waals surface area contributed by atoms with Gasteiger partial charge < -0.3 is 19.9 Å². The second-order valence-corrected chi connectivity index (χ2v) is 5.46. The molecule has 0 unspecified atom stereocenters. The van der Waals surface area contributed by atoms with Crippen molar-refractivity contribution in [2.24, 2.45) is 0 Å². The highest BCUT2D eigenvalue weighted by Crippen LogP contribution is 2.30. The SMILES string of the molecule is C#CCOC(=O)N1CC[C@@H](Nc2c(Cl)cnc3[nH]ccc23)C1.[HH]. The van der Waals surface area contributed by atoms with Crippen LogP contribution in [0, 0.1) is 12.3 Å². The summed E-state index contributed by atoms with van der Waals surface area (Å²) in [5, 5.41) is 4.88. The summed E-state index contributed by atoms with van der Waals surface area (Å²) in [5.41, 5.74) is 1.60. The smallest absolute Gasteiger partial charge is 0.410 e. The van der Waals surface area contributed by atoms with E-state index in [4.69, 9.17) is 22.8 Å². The Hall–Kier alpha value is -2.39. The molecule has 2 N–H and O–H groups in total. The van der Waals surface area contributed by atoms with E-state index in [1.807, 2.05) is 12.3 Å². The molecule has 0 saturated carbocycles. The van der Waals surface area contributed by atoms with Gasteiger partial charge in [0.2, 0.25) is 0 Å². The molecule has 2 aromatic heterocycles. The predicted molar refractivity (Wildman–Crippen MR) is 87.0 cm³/mol. The summed E-state index contributed by atoms with van der Waals surface area (Å²) in [6.45, 7) is 1.17. The van der Waals surface area contributed by atoms with E-state index in [1.54, 1.807) is 11.1 Å². The first kappa shape index (κ1) is 14.5. The zero-order valence-electron chi connectivity index (χ0n) is 11.8. The van der Waals surface area contributed by atoms with Crippen LogP contribution in [0.25, 0.3) is 11.0 Å². The summed E-state index contributed by atoms with van der Waals surface area (Å²) in [6.07, 6.45) is 8.94. The molecule has 0 aliphatic carbocycles. The fourth-order valence-electron chi connectivity index (χ4n) is 2.57. The van der Waals surface area contributed by atoms with Gasteiger partial charge in [0.1, 0.15) is 5.65 Å². The summed E-state index contributed by atoms with van der Waals surface area (Å²) in [5.74, 6) is 2.28. The predicted octanol–water partition coefficient (Wildman–Crippen LogP) is 2.72. The lowest BCUT2D eigenvalue weighted by atomic mass is 10.2. The molecule has 1 saturated heterocycles. The number of likely N-dealkylation sites (tertiary alicyclic amines) is 1. The van der Waals surface area contributed by atoms with Crippen molar-refractivity contribution in [3.63, 3.8) is 0 Å². The molecule has 1 amide bonds. The van der Waals surface area contributed by atoms with E-state index in [0.29, 0.717) is 18.1 Å². The molecule has 0 bridgehead atoms. The van der Waals surface area contributed by atoms with Crippen LogP contribution in [-0.4, -0.2) is 46.7 Å². The highest BCUT2D eigenvalue weighted by Gasteiger charge is 2.28. The number of halogens is 1. The van der Waals surface area contributed by atoms with Crippen LogP contribution in [0.4, 0.5) is 10.5 Å². The van der Waals surface area contributed by atoms with Gasteiger partial charge in [-0.2, -0.15) is 0 Å². The number of aromatic nitrogens is 2. The Morgan fingerprint density at radius 3 is 3.41 bits per heavy atom. The van der Waals surface area contributed by atoms with Gasteiger partial charge in [-0.05, 0) is 12.5 Å². The van der Waals surface area contributed by atoms with Crippen LogP contribution in [0.15, 0.2) is 18.5 Å². The topological polar surface area (TPSA) is 70.2 Å². The van der Waals surface area contributed by atoms with E-state index in [0.717, 1.165) is 23.1 Å². The van der Waals surface area contributed by atoms with E-state index in [1.165, 1.54) is 0 Å². The standard InChI is InChI=1S/C15H15ClN4O2.H2/c1-2-7-22-15(21)20-6-4-10(9-20)19-13-11-3-5-17-14(11)18-8-12(13)16;/h1,3,5,8,10H,4,6-7,9H2,(H2,17,18,19);1H/t10-;/m1./s1. The number of pyridine rings is 1. The molecule has 6 nitrogen and oxygen atoms in total. The molecule has 3 heterocycles. The number of aromatic amines is 1. The van der Waals surface area contributed by atoms with Crippen molar-refractivity contribution in [2.75, 3.05) is 25.0 Å². The van der Waals surface area contributed by atoms with Crippen LogP contribution in [0.1, 0.15) is 7.85 Å². The molecule has 7 heteroatoms. The highest BCUT2D eigenvalue weighted by molar-refractivity contribution is 6.34. The number of amides is 1. The minimum atomic E-state index is -0.380. The van der Waals surface area contributed by atoms with Crippen LogP contribution in [0.3, 0.4) is 0 Å². The van der Waals surface area contributed by atoms with Gasteiger partial charge in [0.15, 0.2) is 6.61 Å². The molecule has 1 atom stereocenters. The number of anilines is 1. The van der Waals surface area contributed by atoms with Gasteiger partial charge >= 0.3 is 6.09 Å². The first-order chi connectivity index (χ1) is 10.7. The second-order valence-electron chi connectivity index (χ2n) is 5.06. The van der Waals surface area contributed by atoms with E-state index >= 15 is 0 Å². The molecule has 1 aliphatic rings. The van der Waals surface area contributed by atoms with Gasteiger partial charge in [0.05, 0.1) is 16.9 Å². The van der Waals surface area contributed by atoms with E-state index in [-0.39, 0.29) is 20.2 Å². The number of hydrogen-bond donors (Lipinski definition) is 2. The third kappa shape index (κ3) is 2.81.